The minimum absolute atomic E-state index is 0.192. The van der Waals surface area contributed by atoms with E-state index >= 15 is 0 Å². The number of rotatable bonds is 5. The first-order chi connectivity index (χ1) is 7.01. The summed E-state index contributed by atoms with van der Waals surface area (Å²) in [5, 5.41) is 0. The Bertz CT molecular complexity index is 290. The lowest BCUT2D eigenvalue weighted by molar-refractivity contribution is -0.152. The molecule has 84 valence electrons. The zero-order valence-electron chi connectivity index (χ0n) is 9.03. The van der Waals surface area contributed by atoms with E-state index in [9.17, 15) is 14.4 Å². The van der Waals surface area contributed by atoms with Crippen molar-refractivity contribution in [3.63, 3.8) is 0 Å². The minimum atomic E-state index is -0.761. The van der Waals surface area contributed by atoms with Gasteiger partial charge in [0.2, 0.25) is 5.76 Å². The van der Waals surface area contributed by atoms with Gasteiger partial charge in [-0.25, -0.2) is 4.79 Å². The molecule has 5 heteroatoms. The van der Waals surface area contributed by atoms with E-state index in [4.69, 9.17) is 0 Å². The number of hydrogen-bond donors (Lipinski definition) is 0. The van der Waals surface area contributed by atoms with E-state index in [1.807, 2.05) is 0 Å². The molecule has 0 aromatic heterocycles. The minimum Gasteiger partial charge on any atom is -0.460 e. The van der Waals surface area contributed by atoms with Crippen LogP contribution >= 0.6 is 0 Å². The van der Waals surface area contributed by atoms with E-state index in [0.29, 0.717) is 0 Å². The predicted molar refractivity (Wildman–Crippen MR) is 51.8 cm³/mol. The van der Waals surface area contributed by atoms with Gasteiger partial charge in [-0.1, -0.05) is 0 Å². The van der Waals surface area contributed by atoms with Gasteiger partial charge in [0.1, 0.15) is 12.2 Å². The van der Waals surface area contributed by atoms with E-state index in [1.54, 1.807) is 6.92 Å². The maximum absolute atomic E-state index is 11.1. The molecule has 0 saturated carbocycles. The Kier molecular flexibility index (Phi) is 6.01. The number of esters is 2. The van der Waals surface area contributed by atoms with Gasteiger partial charge >= 0.3 is 11.9 Å². The van der Waals surface area contributed by atoms with Gasteiger partial charge in [0.15, 0.2) is 0 Å². The molecule has 0 saturated heterocycles. The summed E-state index contributed by atoms with van der Waals surface area (Å²) in [5.74, 6) is -1.98. The summed E-state index contributed by atoms with van der Waals surface area (Å²) in [6.07, 6.45) is 0.965. The smallest absolute Gasteiger partial charge is 0.374 e. The summed E-state index contributed by atoms with van der Waals surface area (Å²) < 4.78 is 9.28. The van der Waals surface area contributed by atoms with E-state index < -0.39 is 11.9 Å². The lowest BCUT2D eigenvalue weighted by Crippen LogP contribution is -2.16. The van der Waals surface area contributed by atoms with E-state index in [2.05, 4.69) is 9.47 Å². The molecule has 0 unspecified atom stereocenters. The summed E-state index contributed by atoms with van der Waals surface area (Å²) in [5.41, 5.74) is 0. The topological polar surface area (TPSA) is 69.7 Å². The van der Waals surface area contributed by atoms with Crippen LogP contribution in [0, 0.1) is 0 Å². The average molecular weight is 214 g/mol. The highest BCUT2D eigenvalue weighted by Gasteiger charge is 2.16. The number of ketones is 1. The van der Waals surface area contributed by atoms with E-state index in [1.165, 1.54) is 19.9 Å². The molecular formula is C10H14O5. The standard InChI is InChI=1S/C10H14O5/c1-4-8(10(13)14-5-2)15-9(12)6-7(3)11/h4H,5-6H2,1-3H3/b8-4-. The fourth-order valence-corrected chi connectivity index (χ4v) is 0.783. The molecule has 0 aliphatic heterocycles. The Hall–Kier alpha value is -1.65. The van der Waals surface area contributed by atoms with Crippen LogP contribution in [0.5, 0.6) is 0 Å². The van der Waals surface area contributed by atoms with Crippen molar-refractivity contribution in [1.29, 1.82) is 0 Å². The van der Waals surface area contributed by atoms with Crippen molar-refractivity contribution < 1.29 is 23.9 Å². The predicted octanol–water partition coefficient (Wildman–Crippen LogP) is 0.976. The molecule has 0 spiro atoms. The molecule has 0 radical (unpaired) electrons. The number of carbonyl (C=O) groups is 3. The Morgan fingerprint density at radius 3 is 2.27 bits per heavy atom. The van der Waals surface area contributed by atoms with Crippen molar-refractivity contribution in [2.45, 2.75) is 27.2 Å². The monoisotopic (exact) mass is 214 g/mol. The zero-order chi connectivity index (χ0) is 11.8. The van der Waals surface area contributed by atoms with E-state index in [-0.39, 0.29) is 24.6 Å². The molecule has 0 heterocycles. The second kappa shape index (κ2) is 6.75. The SMILES string of the molecule is C/C=C(\OC(=O)CC(C)=O)C(=O)OCC. The van der Waals surface area contributed by atoms with Gasteiger partial charge in [0, 0.05) is 0 Å². The maximum atomic E-state index is 11.1. The number of carbonyl (C=O) groups excluding carboxylic acids is 3. The molecule has 0 rings (SSSR count). The highest BCUT2D eigenvalue weighted by molar-refractivity contribution is 5.97. The quantitative estimate of drug-likeness (QED) is 0.295. The normalized spacial score (nSPS) is 10.7. The molecule has 0 aromatic carbocycles. The van der Waals surface area contributed by atoms with Gasteiger partial charge in [-0.2, -0.15) is 0 Å². The molecular weight excluding hydrogens is 200 g/mol. The summed E-state index contributed by atoms with van der Waals surface area (Å²) in [4.78, 5) is 32.8. The molecule has 0 amide bonds. The second-order valence-corrected chi connectivity index (χ2v) is 2.73. The molecule has 0 aliphatic rings. The lowest BCUT2D eigenvalue weighted by Gasteiger charge is -2.06. The summed E-state index contributed by atoms with van der Waals surface area (Å²) in [6, 6.07) is 0. The van der Waals surface area contributed by atoms with Crippen LogP contribution in [0.25, 0.3) is 0 Å². The molecule has 0 aromatic rings. The van der Waals surface area contributed by atoms with Crippen molar-refractivity contribution in [3.8, 4) is 0 Å². The van der Waals surface area contributed by atoms with Crippen molar-refractivity contribution in [3.05, 3.63) is 11.8 Å². The third kappa shape index (κ3) is 5.61. The van der Waals surface area contributed by atoms with Gasteiger partial charge < -0.3 is 9.47 Å². The van der Waals surface area contributed by atoms with Crippen molar-refractivity contribution in [1.82, 2.24) is 0 Å². The van der Waals surface area contributed by atoms with Gasteiger partial charge in [0.05, 0.1) is 6.61 Å². The largest absolute Gasteiger partial charge is 0.460 e. The second-order valence-electron chi connectivity index (χ2n) is 2.73. The third-order valence-corrected chi connectivity index (χ3v) is 1.36. The van der Waals surface area contributed by atoms with Gasteiger partial charge in [-0.05, 0) is 26.8 Å². The number of hydrogen-bond acceptors (Lipinski definition) is 5. The molecule has 0 bridgehead atoms. The number of ether oxygens (including phenoxy) is 2. The van der Waals surface area contributed by atoms with Crippen LogP contribution in [0.4, 0.5) is 0 Å². The molecule has 5 nitrogen and oxygen atoms in total. The first-order valence-electron chi connectivity index (χ1n) is 4.54. The van der Waals surface area contributed by atoms with Crippen LogP contribution in [-0.4, -0.2) is 24.3 Å². The van der Waals surface area contributed by atoms with Gasteiger partial charge in [-0.15, -0.1) is 0 Å². The number of allylic oxidation sites excluding steroid dienone is 1. The van der Waals surface area contributed by atoms with Crippen LogP contribution in [0.15, 0.2) is 11.8 Å². The van der Waals surface area contributed by atoms with Crippen LogP contribution in [-0.2, 0) is 23.9 Å². The van der Waals surface area contributed by atoms with Crippen molar-refractivity contribution >= 4 is 17.7 Å². The van der Waals surface area contributed by atoms with Crippen LogP contribution in [0.2, 0.25) is 0 Å². The van der Waals surface area contributed by atoms with Crippen LogP contribution in [0.1, 0.15) is 27.2 Å². The zero-order valence-corrected chi connectivity index (χ0v) is 9.03. The van der Waals surface area contributed by atoms with Crippen molar-refractivity contribution in [2.24, 2.45) is 0 Å². The lowest BCUT2D eigenvalue weighted by atomic mass is 10.3. The molecule has 0 atom stereocenters. The number of Topliss-reactive ketones (excluding diaryl/α,β-unsaturated/α-hetero) is 1. The Labute approximate surface area is 88.0 Å². The Morgan fingerprint density at radius 2 is 1.87 bits per heavy atom. The Morgan fingerprint density at radius 1 is 1.27 bits per heavy atom. The van der Waals surface area contributed by atoms with Crippen LogP contribution in [0.3, 0.4) is 0 Å². The third-order valence-electron chi connectivity index (χ3n) is 1.36. The van der Waals surface area contributed by atoms with Gasteiger partial charge in [0.25, 0.3) is 0 Å². The summed E-state index contributed by atoms with van der Waals surface area (Å²) >= 11 is 0. The maximum Gasteiger partial charge on any atom is 0.374 e. The van der Waals surface area contributed by atoms with Crippen molar-refractivity contribution in [2.75, 3.05) is 6.61 Å². The fraction of sp³-hybridized carbons (Fsp3) is 0.500. The van der Waals surface area contributed by atoms with Crippen LogP contribution < -0.4 is 0 Å². The Balaban J connectivity index is 4.29. The highest BCUT2D eigenvalue weighted by Crippen LogP contribution is 2.03. The summed E-state index contributed by atoms with van der Waals surface area (Å²) in [7, 11) is 0. The highest BCUT2D eigenvalue weighted by atomic mass is 16.6. The molecule has 0 N–H and O–H groups in total. The molecule has 15 heavy (non-hydrogen) atoms. The summed E-state index contributed by atoms with van der Waals surface area (Å²) in [6.45, 7) is 4.64. The molecule has 0 aliphatic carbocycles. The molecule has 0 fully saturated rings. The first kappa shape index (κ1) is 13.4. The average Bonchev–Trinajstić information content (AvgIpc) is 2.13. The fourth-order valence-electron chi connectivity index (χ4n) is 0.783. The first-order valence-corrected chi connectivity index (χ1v) is 4.54. The van der Waals surface area contributed by atoms with Gasteiger partial charge in [-0.3, -0.25) is 9.59 Å². The van der Waals surface area contributed by atoms with E-state index in [0.717, 1.165) is 0 Å².